The van der Waals surface area contributed by atoms with E-state index in [-0.39, 0.29) is 5.95 Å². The number of ether oxygens (including phenoxy) is 1. The Morgan fingerprint density at radius 2 is 1.38 bits per heavy atom. The smallest absolute Gasteiger partial charge is 0.222 e. The van der Waals surface area contributed by atoms with Gasteiger partial charge in [-0.25, -0.2) is 4.98 Å². The molecule has 1 heterocycles. The summed E-state index contributed by atoms with van der Waals surface area (Å²) in [5, 5.41) is 0. The van der Waals surface area contributed by atoms with Gasteiger partial charge >= 0.3 is 0 Å². The fourth-order valence-electron chi connectivity index (χ4n) is 3.85. The lowest BCUT2D eigenvalue weighted by molar-refractivity contribution is 0.308. The molecule has 162 valence electrons. The molecule has 0 saturated carbocycles. The van der Waals surface area contributed by atoms with Crippen LogP contribution < -0.4 is 16.2 Å². The highest BCUT2D eigenvalue weighted by atomic mass is 16.5. The van der Waals surface area contributed by atoms with Crippen molar-refractivity contribution >= 4 is 11.8 Å². The number of rotatable bonds is 9. The van der Waals surface area contributed by atoms with Crippen LogP contribution in [-0.2, 0) is 19.3 Å². The number of nitrogens with two attached hydrogens (primary N) is 2. The lowest BCUT2D eigenvalue weighted by Crippen LogP contribution is -2.08. The summed E-state index contributed by atoms with van der Waals surface area (Å²) in [6.45, 7) is 0.675. The van der Waals surface area contributed by atoms with Crippen molar-refractivity contribution in [3.8, 4) is 16.9 Å². The van der Waals surface area contributed by atoms with Gasteiger partial charge in [-0.2, -0.15) is 4.98 Å². The van der Waals surface area contributed by atoms with Gasteiger partial charge in [-0.3, -0.25) is 0 Å². The molecule has 4 rings (SSSR count). The van der Waals surface area contributed by atoms with Crippen LogP contribution >= 0.6 is 0 Å². The second kappa shape index (κ2) is 10.4. The van der Waals surface area contributed by atoms with E-state index in [2.05, 4.69) is 40.3 Å². The van der Waals surface area contributed by atoms with Crippen molar-refractivity contribution in [2.45, 2.75) is 25.7 Å². The van der Waals surface area contributed by atoms with Crippen LogP contribution in [0.2, 0.25) is 0 Å². The summed E-state index contributed by atoms with van der Waals surface area (Å²) in [7, 11) is 0. The summed E-state index contributed by atoms with van der Waals surface area (Å²) < 4.78 is 6.13. The first-order valence-electron chi connectivity index (χ1n) is 10.9. The summed E-state index contributed by atoms with van der Waals surface area (Å²) in [6.07, 6.45) is 3.43. The standard InChI is InChI=1S/C27H28N4O/c28-26-25(22-14-5-2-6-15-22)23(30-27(29)31-26)18-17-21-13-7-8-16-24(21)32-19-9-12-20-10-3-1-4-11-20/h1-8,10-11,13-16H,9,12,17-19H2,(H4,28,29,30,31). The molecule has 5 heteroatoms. The van der Waals surface area contributed by atoms with E-state index in [1.165, 1.54) is 5.56 Å². The van der Waals surface area contributed by atoms with Crippen LogP contribution in [0.15, 0.2) is 84.9 Å². The maximum Gasteiger partial charge on any atom is 0.222 e. The Hall–Kier alpha value is -3.86. The first-order valence-corrected chi connectivity index (χ1v) is 10.9. The molecular weight excluding hydrogens is 396 g/mol. The molecule has 0 amide bonds. The molecule has 0 aliphatic heterocycles. The number of anilines is 2. The van der Waals surface area contributed by atoms with E-state index in [0.29, 0.717) is 18.8 Å². The molecule has 0 unspecified atom stereocenters. The van der Waals surface area contributed by atoms with Gasteiger partial charge in [0.05, 0.1) is 12.3 Å². The van der Waals surface area contributed by atoms with Gasteiger partial charge < -0.3 is 16.2 Å². The summed E-state index contributed by atoms with van der Waals surface area (Å²) in [4.78, 5) is 8.69. The molecule has 32 heavy (non-hydrogen) atoms. The van der Waals surface area contributed by atoms with E-state index >= 15 is 0 Å². The third kappa shape index (κ3) is 5.43. The van der Waals surface area contributed by atoms with E-state index in [9.17, 15) is 0 Å². The van der Waals surface area contributed by atoms with E-state index in [4.69, 9.17) is 16.2 Å². The zero-order valence-corrected chi connectivity index (χ0v) is 18.1. The number of para-hydroxylation sites is 1. The monoisotopic (exact) mass is 424 g/mol. The van der Waals surface area contributed by atoms with Crippen LogP contribution in [0.3, 0.4) is 0 Å². The molecule has 0 bridgehead atoms. The second-order valence-electron chi connectivity index (χ2n) is 7.70. The normalized spacial score (nSPS) is 10.8. The van der Waals surface area contributed by atoms with Gasteiger partial charge in [0.25, 0.3) is 0 Å². The minimum atomic E-state index is 0.197. The summed E-state index contributed by atoms with van der Waals surface area (Å²) >= 11 is 0. The third-order valence-electron chi connectivity index (χ3n) is 5.41. The Balaban J connectivity index is 1.44. The summed E-state index contributed by atoms with van der Waals surface area (Å²) in [5.41, 5.74) is 17.3. The van der Waals surface area contributed by atoms with E-state index in [0.717, 1.165) is 47.4 Å². The Kier molecular flexibility index (Phi) is 6.98. The Morgan fingerprint density at radius 3 is 2.16 bits per heavy atom. The number of hydrogen-bond donors (Lipinski definition) is 2. The SMILES string of the molecule is Nc1nc(N)c(-c2ccccc2)c(CCc2ccccc2OCCCc2ccccc2)n1. The van der Waals surface area contributed by atoms with Crippen LogP contribution in [0.1, 0.15) is 23.2 Å². The van der Waals surface area contributed by atoms with E-state index < -0.39 is 0 Å². The maximum absolute atomic E-state index is 6.23. The molecule has 3 aromatic carbocycles. The van der Waals surface area contributed by atoms with Gasteiger partial charge in [0.2, 0.25) is 5.95 Å². The first kappa shape index (κ1) is 21.4. The third-order valence-corrected chi connectivity index (χ3v) is 5.41. The topological polar surface area (TPSA) is 87.0 Å². The van der Waals surface area contributed by atoms with Crippen molar-refractivity contribution in [3.63, 3.8) is 0 Å². The lowest BCUT2D eigenvalue weighted by Gasteiger charge is -2.14. The zero-order chi connectivity index (χ0) is 22.2. The molecule has 0 saturated heterocycles. The van der Waals surface area contributed by atoms with Gasteiger partial charge in [0, 0.05) is 5.56 Å². The lowest BCUT2D eigenvalue weighted by atomic mass is 9.99. The number of nitrogens with zero attached hydrogens (tertiary/aromatic N) is 2. The zero-order valence-electron chi connectivity index (χ0n) is 18.1. The highest BCUT2D eigenvalue weighted by Gasteiger charge is 2.14. The quantitative estimate of drug-likeness (QED) is 0.365. The van der Waals surface area contributed by atoms with Crippen LogP contribution in [0.5, 0.6) is 5.75 Å². The molecule has 0 radical (unpaired) electrons. The van der Waals surface area contributed by atoms with Gasteiger partial charge in [0.1, 0.15) is 11.6 Å². The number of nitrogen functional groups attached to an aromatic ring is 2. The minimum absolute atomic E-state index is 0.197. The first-order chi connectivity index (χ1) is 15.7. The molecule has 5 nitrogen and oxygen atoms in total. The van der Waals surface area contributed by atoms with Crippen molar-refractivity contribution in [2.24, 2.45) is 0 Å². The van der Waals surface area contributed by atoms with E-state index in [1.54, 1.807) is 0 Å². The molecule has 4 N–H and O–H groups in total. The molecule has 0 aliphatic carbocycles. The molecule has 0 aliphatic rings. The van der Waals surface area contributed by atoms with Crippen LogP contribution in [0.4, 0.5) is 11.8 Å². The average molecular weight is 425 g/mol. The van der Waals surface area contributed by atoms with Crippen molar-refractivity contribution < 1.29 is 4.74 Å². The van der Waals surface area contributed by atoms with Crippen LogP contribution in [-0.4, -0.2) is 16.6 Å². The fourth-order valence-corrected chi connectivity index (χ4v) is 3.85. The molecule has 1 aromatic heterocycles. The highest BCUT2D eigenvalue weighted by Crippen LogP contribution is 2.30. The van der Waals surface area contributed by atoms with Crippen LogP contribution in [0.25, 0.3) is 11.1 Å². The molecule has 0 fully saturated rings. The Labute approximate surface area is 189 Å². The largest absolute Gasteiger partial charge is 0.493 e. The van der Waals surface area contributed by atoms with Crippen molar-refractivity contribution in [1.29, 1.82) is 0 Å². The predicted octanol–water partition coefficient (Wildman–Crippen LogP) is 5.10. The van der Waals surface area contributed by atoms with Gasteiger partial charge in [-0.1, -0.05) is 78.9 Å². The highest BCUT2D eigenvalue weighted by molar-refractivity contribution is 5.76. The molecule has 4 aromatic rings. The predicted molar refractivity (Wildman–Crippen MR) is 130 cm³/mol. The van der Waals surface area contributed by atoms with Gasteiger partial charge in [-0.15, -0.1) is 0 Å². The van der Waals surface area contributed by atoms with Crippen molar-refractivity contribution in [1.82, 2.24) is 9.97 Å². The summed E-state index contributed by atoms with van der Waals surface area (Å²) in [6, 6.07) is 28.6. The molecular formula is C27H28N4O. The molecule has 0 spiro atoms. The summed E-state index contributed by atoms with van der Waals surface area (Å²) in [5.74, 6) is 1.52. The van der Waals surface area contributed by atoms with Crippen molar-refractivity contribution in [2.75, 3.05) is 18.1 Å². The van der Waals surface area contributed by atoms with Gasteiger partial charge in [-0.05, 0) is 48.4 Å². The second-order valence-corrected chi connectivity index (χ2v) is 7.70. The van der Waals surface area contributed by atoms with Crippen LogP contribution in [0, 0.1) is 0 Å². The maximum atomic E-state index is 6.23. The molecule has 0 atom stereocenters. The van der Waals surface area contributed by atoms with Gasteiger partial charge in [0.15, 0.2) is 0 Å². The Bertz CT molecular complexity index is 1150. The number of aryl methyl sites for hydroxylation is 3. The number of hydrogen-bond acceptors (Lipinski definition) is 5. The average Bonchev–Trinajstić information content (AvgIpc) is 2.82. The number of benzene rings is 3. The minimum Gasteiger partial charge on any atom is -0.493 e. The fraction of sp³-hybridized carbons (Fsp3) is 0.185. The van der Waals surface area contributed by atoms with E-state index in [1.807, 2.05) is 54.6 Å². The number of aromatic nitrogens is 2. The van der Waals surface area contributed by atoms with Crippen molar-refractivity contribution in [3.05, 3.63) is 102 Å². The Morgan fingerprint density at radius 1 is 0.688 bits per heavy atom.